The number of aromatic nitrogens is 2. The normalized spacial score (nSPS) is 26.9. The number of nitrogens with zero attached hydrogens (tertiary/aromatic N) is 1. The van der Waals surface area contributed by atoms with Crippen LogP contribution in [-0.4, -0.2) is 84.8 Å². The molecule has 1 aromatic heterocycles. The van der Waals surface area contributed by atoms with E-state index in [1.165, 1.54) is 22.1 Å². The first kappa shape index (κ1) is 43.3. The van der Waals surface area contributed by atoms with Crippen LogP contribution in [0.1, 0.15) is 61.6 Å². The summed E-state index contributed by atoms with van der Waals surface area (Å²) < 4.78 is 51.4. The molecule has 3 aliphatic rings. The van der Waals surface area contributed by atoms with Crippen molar-refractivity contribution in [2.24, 2.45) is 5.92 Å². The molecular weight excluding hydrogens is 796 g/mol. The number of allylic oxidation sites excluding steroid dienone is 1. The van der Waals surface area contributed by atoms with Gasteiger partial charge in [0.2, 0.25) is 0 Å². The van der Waals surface area contributed by atoms with Crippen LogP contribution in [0.25, 0.3) is 0 Å². The molecule has 7 atom stereocenters. The monoisotopic (exact) mass is 850 g/mol. The molecule has 3 fully saturated rings. The van der Waals surface area contributed by atoms with Gasteiger partial charge < -0.3 is 0 Å². The van der Waals surface area contributed by atoms with Crippen molar-refractivity contribution in [3.63, 3.8) is 0 Å². The minimum atomic E-state index is -4.03. The topological polar surface area (TPSA) is 149 Å². The van der Waals surface area contributed by atoms with Gasteiger partial charge in [-0.1, -0.05) is 0 Å². The fraction of sp³-hybridized carbons (Fsp3) is 0.455. The average molecular weight is 851 g/mol. The van der Waals surface area contributed by atoms with Gasteiger partial charge >= 0.3 is 350 Å². The van der Waals surface area contributed by atoms with Gasteiger partial charge in [-0.25, -0.2) is 0 Å². The van der Waals surface area contributed by atoms with Crippen LogP contribution in [0, 0.1) is 12.8 Å². The molecule has 0 unspecified atom stereocenters. The van der Waals surface area contributed by atoms with Gasteiger partial charge in [0.1, 0.15) is 0 Å². The van der Waals surface area contributed by atoms with Gasteiger partial charge in [0.05, 0.1) is 0 Å². The first-order valence-electron chi connectivity index (χ1n) is 19.8. The molecule has 2 N–H and O–H groups in total. The van der Waals surface area contributed by atoms with Crippen molar-refractivity contribution in [1.29, 1.82) is 0 Å². The maximum absolute atomic E-state index is 13.5. The number of aryl methyl sites for hydroxylation is 1. The van der Waals surface area contributed by atoms with Crippen LogP contribution in [0.3, 0.4) is 0 Å². The van der Waals surface area contributed by atoms with Crippen LogP contribution in [-0.2, 0) is 33.6 Å². The molecule has 318 valence electrons. The number of methoxy groups -OCH3 is 3. The van der Waals surface area contributed by atoms with Gasteiger partial charge in [0.15, 0.2) is 0 Å². The summed E-state index contributed by atoms with van der Waals surface area (Å²) in [7, 11) is 0.764. The van der Waals surface area contributed by atoms with E-state index < -0.39 is 48.5 Å². The number of hydrogen-bond donors (Lipinski definition) is 2. The van der Waals surface area contributed by atoms with Gasteiger partial charge in [0.25, 0.3) is 0 Å². The first-order valence-corrected chi connectivity index (χ1v) is 23.1. The van der Waals surface area contributed by atoms with Crippen LogP contribution in [0.4, 0.5) is 0 Å². The van der Waals surface area contributed by atoms with Gasteiger partial charge in [-0.15, -0.1) is 0 Å². The summed E-state index contributed by atoms with van der Waals surface area (Å²) in [5.41, 5.74) is 1.39. The zero-order chi connectivity index (χ0) is 42.0. The Morgan fingerprint density at radius 2 is 1.59 bits per heavy atom. The molecule has 2 saturated heterocycles. The molecule has 0 spiro atoms. The second kappa shape index (κ2) is 18.0. The van der Waals surface area contributed by atoms with Crippen molar-refractivity contribution in [3.8, 4) is 11.5 Å². The Morgan fingerprint density at radius 1 is 0.966 bits per heavy atom. The van der Waals surface area contributed by atoms with Crippen LogP contribution in [0.15, 0.2) is 107 Å². The number of hydrogen-bond acceptors (Lipinski definition) is 12. The van der Waals surface area contributed by atoms with Crippen molar-refractivity contribution < 1.29 is 42.4 Å². The van der Waals surface area contributed by atoms with E-state index in [4.69, 9.17) is 37.5 Å². The SMILES string of the molecule is C=C(C)[C@@H]1CC[C@]2(C)S[PH](O)(O[C@H]3[C@@H](OCCOC)[C@H](n4cc(C)c(=O)[nH]c4=O)O[C@@H]3COC(c3ccccc3)(c3ccc(OC)cc3)c3ccc(OC)cc3)O[C@H]2C1. The quantitative estimate of drug-likeness (QED) is 0.0526. The van der Waals surface area contributed by atoms with Crippen LogP contribution in [0.5, 0.6) is 11.5 Å². The summed E-state index contributed by atoms with van der Waals surface area (Å²) in [4.78, 5) is 40.9. The molecule has 3 heterocycles. The van der Waals surface area contributed by atoms with E-state index in [9.17, 15) is 14.5 Å². The number of nitrogens with one attached hydrogen (secondary N) is 1. The summed E-state index contributed by atoms with van der Waals surface area (Å²) in [6.07, 6.45) is -0.376. The van der Waals surface area contributed by atoms with Gasteiger partial charge in [0, 0.05) is 0 Å². The van der Waals surface area contributed by atoms with Gasteiger partial charge in [-0.2, -0.15) is 0 Å². The molecule has 3 aromatic carbocycles. The third-order valence-electron chi connectivity index (χ3n) is 11.7. The number of rotatable bonds is 16. The summed E-state index contributed by atoms with van der Waals surface area (Å²) in [6, 6.07) is 25.2. The summed E-state index contributed by atoms with van der Waals surface area (Å²) >= 11 is 1.36. The summed E-state index contributed by atoms with van der Waals surface area (Å²) in [6.45, 7) is 10.2. The molecule has 15 heteroatoms. The van der Waals surface area contributed by atoms with Crippen molar-refractivity contribution in [2.45, 2.75) is 81.0 Å². The van der Waals surface area contributed by atoms with E-state index in [1.807, 2.05) is 85.8 Å². The number of fused-ring (bicyclic) bond motifs is 1. The molecule has 7 rings (SSSR count). The fourth-order valence-electron chi connectivity index (χ4n) is 8.42. The molecule has 0 bridgehead atoms. The third-order valence-corrected chi connectivity index (χ3v) is 16.8. The van der Waals surface area contributed by atoms with E-state index in [-0.39, 0.29) is 36.6 Å². The Morgan fingerprint density at radius 3 is 2.19 bits per heavy atom. The zero-order valence-corrected chi connectivity index (χ0v) is 36.2. The molecular formula is C44H55N2O11PS. The fourth-order valence-corrected chi connectivity index (χ4v) is 14.5. The first-order chi connectivity index (χ1) is 28.3. The number of ether oxygens (including phenoxy) is 6. The number of H-pyrrole nitrogens is 1. The van der Waals surface area contributed by atoms with Crippen molar-refractivity contribution in [3.05, 3.63) is 140 Å². The molecule has 1 aliphatic carbocycles. The Labute approximate surface area is 349 Å². The maximum atomic E-state index is 13.5. The predicted octanol–water partition coefficient (Wildman–Crippen LogP) is 6.85. The van der Waals surface area contributed by atoms with E-state index in [2.05, 4.69) is 18.5 Å². The second-order valence-corrected chi connectivity index (χ2v) is 20.4. The molecule has 4 aromatic rings. The third kappa shape index (κ3) is 8.84. The van der Waals surface area contributed by atoms with Crippen LogP contribution in [0.2, 0.25) is 0 Å². The molecule has 0 radical (unpaired) electrons. The Bertz CT molecular complexity index is 2140. The standard InChI is InChI=1S/C44H55N2O11PS/c1-28(2)30-21-22-43(4)37(25-30)56-58(49,59-43)57-38-36(55-41(39(38)53-24-23-50-5)46-26-29(3)40(47)45-42(46)48)27-54-44(31-11-9-8-10-12-31,32-13-17-34(51-6)18-14-32)33-15-19-35(52-7)20-16-33/h8-20,26,30,36-39,41,49,58H,1,21-25,27H2,2-7H3,(H,45,47,48)/t30-,36-,37+,38-,39-,41-,43+/m1/s1. The van der Waals surface area contributed by atoms with Crippen molar-refractivity contribution in [2.75, 3.05) is 41.2 Å². The number of aromatic amines is 1. The van der Waals surface area contributed by atoms with E-state index in [1.54, 1.807) is 28.3 Å². The summed E-state index contributed by atoms with van der Waals surface area (Å²) in [5.74, 6) is 1.62. The Kier molecular flexibility index (Phi) is 13.2. The van der Waals surface area contributed by atoms with E-state index in [0.29, 0.717) is 17.1 Å². The van der Waals surface area contributed by atoms with Crippen molar-refractivity contribution in [1.82, 2.24) is 9.55 Å². The average Bonchev–Trinajstić information content (AvgIpc) is 3.71. The molecule has 1 saturated carbocycles. The molecule has 13 nitrogen and oxygen atoms in total. The van der Waals surface area contributed by atoms with E-state index >= 15 is 0 Å². The molecule has 2 aliphatic heterocycles. The summed E-state index contributed by atoms with van der Waals surface area (Å²) in [5, 5.41) is 0. The molecule has 59 heavy (non-hydrogen) atoms. The number of benzene rings is 3. The second-order valence-electron chi connectivity index (χ2n) is 15.6. The predicted molar refractivity (Wildman–Crippen MR) is 228 cm³/mol. The van der Waals surface area contributed by atoms with Gasteiger partial charge in [-0.3, -0.25) is 0 Å². The Hall–Kier alpha value is -3.82. The van der Waals surface area contributed by atoms with Crippen LogP contribution >= 0.6 is 18.5 Å². The van der Waals surface area contributed by atoms with Crippen LogP contribution < -0.4 is 20.7 Å². The van der Waals surface area contributed by atoms with Crippen molar-refractivity contribution >= 4 is 18.5 Å². The zero-order valence-electron chi connectivity index (χ0n) is 34.4. The Balaban J connectivity index is 1.33. The van der Waals surface area contributed by atoms with E-state index in [0.717, 1.165) is 41.5 Å². The molecule has 0 amide bonds. The van der Waals surface area contributed by atoms with Gasteiger partial charge in [-0.05, 0) is 0 Å². The minimum absolute atomic E-state index is 0.108.